The zero-order valence-electron chi connectivity index (χ0n) is 41.4. The summed E-state index contributed by atoms with van der Waals surface area (Å²) in [7, 11) is 0. The molecule has 1 unspecified atom stereocenters. The first-order valence-corrected chi connectivity index (χ1v) is 27.0. The second-order valence-corrected chi connectivity index (χ2v) is 18.1. The average Bonchev–Trinajstić information content (AvgIpc) is 3.27. The molecule has 62 heavy (non-hydrogen) atoms. The number of unbranched alkanes of at least 4 members (excludes halogenated alkanes) is 32. The van der Waals surface area contributed by atoms with E-state index in [-0.39, 0.29) is 37.5 Å². The maximum Gasteiger partial charge on any atom is 0.306 e. The summed E-state index contributed by atoms with van der Waals surface area (Å²) in [5.74, 6) is -0.960. The summed E-state index contributed by atoms with van der Waals surface area (Å²) in [6, 6.07) is 0. The largest absolute Gasteiger partial charge is 0.462 e. The lowest BCUT2D eigenvalue weighted by atomic mass is 10.0. The maximum atomic E-state index is 12.8. The molecule has 0 aromatic carbocycles. The maximum absolute atomic E-state index is 12.8. The Morgan fingerprint density at radius 1 is 0.323 bits per heavy atom. The first kappa shape index (κ1) is 59.6. The van der Waals surface area contributed by atoms with Crippen LogP contribution in [0, 0.1) is 0 Å². The minimum absolute atomic E-state index is 0.0941. The van der Waals surface area contributed by atoms with Crippen LogP contribution in [-0.4, -0.2) is 37.2 Å². The molecule has 0 saturated carbocycles. The Morgan fingerprint density at radius 2 is 0.613 bits per heavy atom. The molecule has 1 atom stereocenters. The van der Waals surface area contributed by atoms with Crippen LogP contribution >= 0.6 is 0 Å². The van der Waals surface area contributed by atoms with E-state index in [9.17, 15) is 14.4 Å². The molecule has 0 amide bonds. The molecule has 362 valence electrons. The zero-order chi connectivity index (χ0) is 45.1. The third-order valence-electron chi connectivity index (χ3n) is 11.9. The number of carbonyl (C=O) groups excluding carboxylic acids is 3. The van der Waals surface area contributed by atoms with Gasteiger partial charge in [0.2, 0.25) is 0 Å². The summed E-state index contributed by atoms with van der Waals surface area (Å²) in [4.78, 5) is 37.9. The average molecular weight is 871 g/mol. The van der Waals surface area contributed by atoms with Crippen LogP contribution < -0.4 is 0 Å². The summed E-state index contributed by atoms with van der Waals surface area (Å²) in [5.41, 5.74) is 0. The van der Waals surface area contributed by atoms with Crippen molar-refractivity contribution in [1.82, 2.24) is 0 Å². The number of esters is 3. The van der Waals surface area contributed by atoms with E-state index in [0.29, 0.717) is 19.3 Å². The molecule has 0 saturated heterocycles. The Morgan fingerprint density at radius 3 is 0.968 bits per heavy atom. The minimum atomic E-state index is -0.802. The molecule has 0 spiro atoms. The molecule has 0 aromatic rings. The highest BCUT2D eigenvalue weighted by atomic mass is 16.6. The van der Waals surface area contributed by atoms with E-state index in [1.165, 1.54) is 180 Å². The van der Waals surface area contributed by atoms with Crippen molar-refractivity contribution in [3.8, 4) is 0 Å². The van der Waals surface area contributed by atoms with Crippen molar-refractivity contribution in [2.24, 2.45) is 0 Å². The number of hydrogen-bond acceptors (Lipinski definition) is 6. The van der Waals surface area contributed by atoms with Gasteiger partial charge in [-0.15, -0.1) is 0 Å². The molecule has 0 radical (unpaired) electrons. The lowest BCUT2D eigenvalue weighted by Gasteiger charge is -2.18. The van der Waals surface area contributed by atoms with Gasteiger partial charge in [0.1, 0.15) is 13.2 Å². The van der Waals surface area contributed by atoms with Gasteiger partial charge in [-0.1, -0.05) is 237 Å². The first-order valence-electron chi connectivity index (χ1n) is 27.0. The quantitative estimate of drug-likeness (QED) is 0.0262. The van der Waals surface area contributed by atoms with E-state index in [0.717, 1.165) is 57.8 Å². The fraction of sp³-hybridized carbons (Fsp3) is 0.839. The smallest absolute Gasteiger partial charge is 0.306 e. The van der Waals surface area contributed by atoms with Gasteiger partial charge in [0.25, 0.3) is 0 Å². The Bertz CT molecular complexity index is 1050. The van der Waals surface area contributed by atoms with E-state index in [4.69, 9.17) is 14.2 Å². The van der Waals surface area contributed by atoms with Crippen LogP contribution in [-0.2, 0) is 28.6 Å². The second kappa shape index (κ2) is 51.3. The highest BCUT2D eigenvalue weighted by Gasteiger charge is 2.19. The molecule has 6 nitrogen and oxygen atoms in total. The van der Waals surface area contributed by atoms with Crippen molar-refractivity contribution in [3.63, 3.8) is 0 Å². The Kier molecular flexibility index (Phi) is 49.3. The Labute approximate surface area is 385 Å². The number of carbonyl (C=O) groups is 3. The van der Waals surface area contributed by atoms with Gasteiger partial charge < -0.3 is 14.2 Å². The number of rotatable bonds is 49. The third-order valence-corrected chi connectivity index (χ3v) is 11.9. The fourth-order valence-corrected chi connectivity index (χ4v) is 7.79. The van der Waals surface area contributed by atoms with E-state index in [1.807, 2.05) is 6.08 Å². The van der Waals surface area contributed by atoms with Crippen molar-refractivity contribution in [3.05, 3.63) is 36.5 Å². The highest BCUT2D eigenvalue weighted by molar-refractivity contribution is 5.71. The summed E-state index contributed by atoms with van der Waals surface area (Å²) in [5, 5.41) is 0. The standard InChI is InChI=1S/C56H102O6/c1-4-7-10-13-16-19-22-25-26-27-28-29-32-34-37-40-43-46-49-55(58)61-52-53(62-56(59)50-47-44-41-38-35-31-24-21-18-15-12-9-6-3)51-60-54(57)48-45-42-39-36-33-30-23-20-17-14-11-8-5-2/h28-29,31,35,41,44,53H,4-27,30,32-34,36-40,42-43,45-52H2,1-3H3/b29-28+,35-31+,44-41+. The molecule has 0 aromatic heterocycles. The molecular formula is C56H102O6. The van der Waals surface area contributed by atoms with E-state index >= 15 is 0 Å². The summed E-state index contributed by atoms with van der Waals surface area (Å²) in [6.07, 6.45) is 60.0. The molecule has 0 heterocycles. The summed E-state index contributed by atoms with van der Waals surface area (Å²) >= 11 is 0. The molecule has 0 aliphatic rings. The lowest BCUT2D eigenvalue weighted by molar-refractivity contribution is -0.166. The molecular weight excluding hydrogens is 769 g/mol. The van der Waals surface area contributed by atoms with Crippen LogP contribution in [0.4, 0.5) is 0 Å². The fourth-order valence-electron chi connectivity index (χ4n) is 7.79. The molecule has 0 N–H and O–H groups in total. The molecule has 0 aliphatic carbocycles. The van der Waals surface area contributed by atoms with Crippen LogP contribution in [0.5, 0.6) is 0 Å². The summed E-state index contributed by atoms with van der Waals surface area (Å²) < 4.78 is 16.7. The van der Waals surface area contributed by atoms with Gasteiger partial charge in [0, 0.05) is 19.3 Å². The monoisotopic (exact) mass is 871 g/mol. The number of allylic oxidation sites excluding steroid dienone is 6. The van der Waals surface area contributed by atoms with Crippen molar-refractivity contribution in [1.29, 1.82) is 0 Å². The van der Waals surface area contributed by atoms with Crippen LogP contribution in [0.15, 0.2) is 36.5 Å². The van der Waals surface area contributed by atoms with E-state index in [2.05, 4.69) is 51.2 Å². The number of ether oxygens (including phenoxy) is 3. The molecule has 6 heteroatoms. The van der Waals surface area contributed by atoms with Crippen LogP contribution in [0.2, 0.25) is 0 Å². The van der Waals surface area contributed by atoms with Crippen LogP contribution in [0.3, 0.4) is 0 Å². The predicted octanol–water partition coefficient (Wildman–Crippen LogP) is 17.7. The molecule has 0 bridgehead atoms. The van der Waals surface area contributed by atoms with Crippen LogP contribution in [0.1, 0.15) is 284 Å². The van der Waals surface area contributed by atoms with Gasteiger partial charge >= 0.3 is 17.9 Å². The normalized spacial score (nSPS) is 12.2. The van der Waals surface area contributed by atoms with Crippen molar-refractivity contribution in [2.75, 3.05) is 13.2 Å². The zero-order valence-corrected chi connectivity index (χ0v) is 41.4. The van der Waals surface area contributed by atoms with Gasteiger partial charge in [-0.25, -0.2) is 0 Å². The first-order chi connectivity index (χ1) is 30.5. The minimum Gasteiger partial charge on any atom is -0.462 e. The van der Waals surface area contributed by atoms with Gasteiger partial charge in [0.15, 0.2) is 6.10 Å². The van der Waals surface area contributed by atoms with Gasteiger partial charge in [-0.2, -0.15) is 0 Å². The molecule has 0 fully saturated rings. The Hall–Kier alpha value is -2.37. The lowest BCUT2D eigenvalue weighted by Crippen LogP contribution is -2.30. The van der Waals surface area contributed by atoms with Gasteiger partial charge in [-0.05, 0) is 64.2 Å². The molecule has 0 rings (SSSR count). The van der Waals surface area contributed by atoms with Crippen molar-refractivity contribution >= 4 is 17.9 Å². The van der Waals surface area contributed by atoms with Gasteiger partial charge in [-0.3, -0.25) is 14.4 Å². The highest BCUT2D eigenvalue weighted by Crippen LogP contribution is 2.15. The number of hydrogen-bond donors (Lipinski definition) is 0. The van der Waals surface area contributed by atoms with E-state index in [1.54, 1.807) is 0 Å². The van der Waals surface area contributed by atoms with Crippen molar-refractivity contribution < 1.29 is 28.6 Å². The second-order valence-electron chi connectivity index (χ2n) is 18.1. The Balaban J connectivity index is 4.39. The topological polar surface area (TPSA) is 78.9 Å². The van der Waals surface area contributed by atoms with Crippen molar-refractivity contribution in [2.45, 2.75) is 290 Å². The van der Waals surface area contributed by atoms with Crippen LogP contribution in [0.25, 0.3) is 0 Å². The third kappa shape index (κ3) is 48.7. The SMILES string of the molecule is CCCCCCCC/C=C/C/C=C/CCC(=O)OC(COC(=O)CCCCCCC/C=C/CCCCCCCCCCC)COC(=O)CCCCCCCCCCCCCCC. The van der Waals surface area contributed by atoms with Gasteiger partial charge in [0.05, 0.1) is 0 Å². The predicted molar refractivity (Wildman–Crippen MR) is 266 cm³/mol. The molecule has 0 aliphatic heterocycles. The van der Waals surface area contributed by atoms with E-state index < -0.39 is 6.10 Å². The summed E-state index contributed by atoms with van der Waals surface area (Å²) in [6.45, 7) is 6.60.